The summed E-state index contributed by atoms with van der Waals surface area (Å²) in [4.78, 5) is 14.9. The van der Waals surface area contributed by atoms with Crippen molar-refractivity contribution in [2.24, 2.45) is 0 Å². The first-order valence-corrected chi connectivity index (χ1v) is 6.49. The van der Waals surface area contributed by atoms with E-state index in [0.717, 1.165) is 5.56 Å². The molecule has 1 aromatic heterocycles. The van der Waals surface area contributed by atoms with Crippen LogP contribution < -0.4 is 4.74 Å². The Morgan fingerprint density at radius 2 is 2.21 bits per heavy atom. The number of hydrogen-bond acceptors (Lipinski definition) is 3. The summed E-state index contributed by atoms with van der Waals surface area (Å²) in [6.45, 7) is 0.252. The van der Waals surface area contributed by atoms with Crippen molar-refractivity contribution in [3.8, 4) is 5.75 Å². The van der Waals surface area contributed by atoms with Gasteiger partial charge in [-0.1, -0.05) is 11.6 Å². The van der Waals surface area contributed by atoms with E-state index in [0.29, 0.717) is 15.2 Å². The lowest BCUT2D eigenvalue weighted by Crippen LogP contribution is -2.01. The number of benzene rings is 1. The maximum atomic E-state index is 11.0. The highest BCUT2D eigenvalue weighted by molar-refractivity contribution is 9.10. The molecule has 1 heterocycles. The van der Waals surface area contributed by atoms with E-state index >= 15 is 0 Å². The Bertz CT molecular complexity index is 619. The van der Waals surface area contributed by atoms with Crippen molar-refractivity contribution in [3.05, 3.63) is 57.3 Å². The molecule has 4 nitrogen and oxygen atoms in total. The minimum absolute atomic E-state index is 0.151. The summed E-state index contributed by atoms with van der Waals surface area (Å²) < 4.78 is 6.03. The number of nitrogens with zero attached hydrogens (tertiary/aromatic N) is 1. The van der Waals surface area contributed by atoms with Gasteiger partial charge < -0.3 is 9.84 Å². The lowest BCUT2D eigenvalue weighted by molar-refractivity contribution is 0.0695. The minimum Gasteiger partial charge on any atom is -0.489 e. The molecule has 0 saturated carbocycles. The van der Waals surface area contributed by atoms with Gasteiger partial charge in [0.05, 0.1) is 10.6 Å². The molecule has 1 aromatic carbocycles. The maximum Gasteiger partial charge on any atom is 0.336 e. The van der Waals surface area contributed by atoms with Crippen LogP contribution in [0.1, 0.15) is 15.9 Å². The third kappa shape index (κ3) is 3.45. The molecule has 0 atom stereocenters. The quantitative estimate of drug-likeness (QED) is 0.918. The smallest absolute Gasteiger partial charge is 0.336 e. The fourth-order valence-electron chi connectivity index (χ4n) is 1.44. The Morgan fingerprint density at radius 3 is 2.89 bits per heavy atom. The van der Waals surface area contributed by atoms with Crippen molar-refractivity contribution in [3.63, 3.8) is 0 Å². The van der Waals surface area contributed by atoms with Crippen LogP contribution in [-0.4, -0.2) is 16.1 Å². The number of carboxylic acid groups (broad SMARTS) is 1. The zero-order valence-electron chi connectivity index (χ0n) is 9.64. The molecule has 6 heteroatoms. The average Bonchev–Trinajstić information content (AvgIpc) is 2.39. The highest BCUT2D eigenvalue weighted by Crippen LogP contribution is 2.24. The van der Waals surface area contributed by atoms with Crippen LogP contribution in [0.25, 0.3) is 0 Å². The second-order valence-corrected chi connectivity index (χ2v) is 4.96. The lowest BCUT2D eigenvalue weighted by Gasteiger charge is -2.08. The van der Waals surface area contributed by atoms with Gasteiger partial charge in [-0.2, -0.15) is 0 Å². The van der Waals surface area contributed by atoms with Gasteiger partial charge in [0, 0.05) is 22.4 Å². The van der Waals surface area contributed by atoms with Gasteiger partial charge in [-0.15, -0.1) is 0 Å². The highest BCUT2D eigenvalue weighted by Gasteiger charge is 2.10. The van der Waals surface area contributed by atoms with Gasteiger partial charge in [0.15, 0.2) is 0 Å². The number of carboxylic acids is 1. The molecule has 0 aliphatic carbocycles. The summed E-state index contributed by atoms with van der Waals surface area (Å²) in [6.07, 6.45) is 3.15. The van der Waals surface area contributed by atoms with Crippen LogP contribution in [0.4, 0.5) is 0 Å². The largest absolute Gasteiger partial charge is 0.489 e. The van der Waals surface area contributed by atoms with Gasteiger partial charge in [-0.25, -0.2) is 4.79 Å². The molecule has 98 valence electrons. The van der Waals surface area contributed by atoms with E-state index in [-0.39, 0.29) is 12.2 Å². The standard InChI is InChI=1S/C13H9BrClNO3/c14-11-2-1-9(5-10(11)13(17)18)19-7-8-3-4-16-6-12(8)15/h1-6H,7H2,(H,17,18). The molecule has 0 aliphatic rings. The van der Waals surface area contributed by atoms with Crippen molar-refractivity contribution < 1.29 is 14.6 Å². The predicted octanol–water partition coefficient (Wildman–Crippen LogP) is 3.77. The van der Waals surface area contributed by atoms with Crippen molar-refractivity contribution in [2.45, 2.75) is 6.61 Å². The number of hydrogen-bond donors (Lipinski definition) is 1. The first kappa shape index (κ1) is 13.8. The number of aromatic carboxylic acids is 1. The van der Waals surface area contributed by atoms with Crippen LogP contribution in [0.2, 0.25) is 5.02 Å². The first-order chi connectivity index (χ1) is 9.08. The Labute approximate surface area is 123 Å². The zero-order chi connectivity index (χ0) is 13.8. The SMILES string of the molecule is O=C(O)c1cc(OCc2ccncc2Cl)ccc1Br. The molecule has 0 radical (unpaired) electrons. The topological polar surface area (TPSA) is 59.4 Å². The Hall–Kier alpha value is -1.59. The van der Waals surface area contributed by atoms with E-state index in [9.17, 15) is 4.79 Å². The van der Waals surface area contributed by atoms with Crippen LogP contribution in [0, 0.1) is 0 Å². The molecule has 2 rings (SSSR count). The zero-order valence-corrected chi connectivity index (χ0v) is 12.0. The molecule has 19 heavy (non-hydrogen) atoms. The third-order valence-corrected chi connectivity index (χ3v) is 3.45. The minimum atomic E-state index is -1.01. The number of aromatic nitrogens is 1. The monoisotopic (exact) mass is 341 g/mol. The summed E-state index contributed by atoms with van der Waals surface area (Å²) in [6, 6.07) is 6.53. The van der Waals surface area contributed by atoms with Gasteiger partial charge in [-0.3, -0.25) is 4.98 Å². The van der Waals surface area contributed by atoms with Crippen LogP contribution in [0.3, 0.4) is 0 Å². The molecule has 0 amide bonds. The van der Waals surface area contributed by atoms with Crippen molar-refractivity contribution in [1.82, 2.24) is 4.98 Å². The van der Waals surface area contributed by atoms with E-state index in [2.05, 4.69) is 20.9 Å². The molecule has 0 bridgehead atoms. The maximum absolute atomic E-state index is 11.0. The van der Waals surface area contributed by atoms with E-state index in [1.165, 1.54) is 12.3 Å². The van der Waals surface area contributed by atoms with Crippen molar-refractivity contribution >= 4 is 33.5 Å². The number of rotatable bonds is 4. The van der Waals surface area contributed by atoms with E-state index in [1.54, 1.807) is 24.4 Å². The van der Waals surface area contributed by atoms with Crippen LogP contribution in [-0.2, 0) is 6.61 Å². The van der Waals surface area contributed by atoms with Crippen LogP contribution in [0.15, 0.2) is 41.1 Å². The van der Waals surface area contributed by atoms with E-state index in [4.69, 9.17) is 21.4 Å². The fourth-order valence-corrected chi connectivity index (χ4v) is 2.03. The number of ether oxygens (including phenoxy) is 1. The molecule has 0 saturated heterocycles. The van der Waals surface area contributed by atoms with Gasteiger partial charge in [0.1, 0.15) is 12.4 Å². The third-order valence-electron chi connectivity index (χ3n) is 2.42. The van der Waals surface area contributed by atoms with E-state index in [1.807, 2.05) is 0 Å². The molecule has 0 aliphatic heterocycles. The normalized spacial score (nSPS) is 10.2. The molecule has 0 spiro atoms. The Morgan fingerprint density at radius 1 is 1.42 bits per heavy atom. The lowest BCUT2D eigenvalue weighted by atomic mass is 10.2. The number of pyridine rings is 1. The van der Waals surface area contributed by atoms with Crippen molar-refractivity contribution in [1.29, 1.82) is 0 Å². The number of carbonyl (C=O) groups is 1. The van der Waals surface area contributed by atoms with Gasteiger partial charge >= 0.3 is 5.97 Å². The van der Waals surface area contributed by atoms with Crippen molar-refractivity contribution in [2.75, 3.05) is 0 Å². The van der Waals surface area contributed by atoms with Gasteiger partial charge in [0.2, 0.25) is 0 Å². The Balaban J connectivity index is 2.14. The van der Waals surface area contributed by atoms with Gasteiger partial charge in [-0.05, 0) is 40.2 Å². The summed E-state index contributed by atoms with van der Waals surface area (Å²) in [5, 5.41) is 9.52. The first-order valence-electron chi connectivity index (χ1n) is 5.32. The average molecular weight is 343 g/mol. The summed E-state index contributed by atoms with van der Waals surface area (Å²) in [5.41, 5.74) is 0.940. The molecule has 1 N–H and O–H groups in total. The highest BCUT2D eigenvalue weighted by atomic mass is 79.9. The molecule has 0 unspecified atom stereocenters. The van der Waals surface area contributed by atoms with E-state index < -0.39 is 5.97 Å². The summed E-state index contributed by atoms with van der Waals surface area (Å²) >= 11 is 9.13. The van der Waals surface area contributed by atoms with Crippen LogP contribution >= 0.6 is 27.5 Å². The fraction of sp³-hybridized carbons (Fsp3) is 0.0769. The molecule has 2 aromatic rings. The van der Waals surface area contributed by atoms with Gasteiger partial charge in [0.25, 0.3) is 0 Å². The van der Waals surface area contributed by atoms with Crippen LogP contribution in [0.5, 0.6) is 5.75 Å². The second-order valence-electron chi connectivity index (χ2n) is 3.70. The predicted molar refractivity (Wildman–Crippen MR) is 74.7 cm³/mol. The second kappa shape index (κ2) is 6.04. The summed E-state index contributed by atoms with van der Waals surface area (Å²) in [5.74, 6) is -0.548. The Kier molecular flexibility index (Phi) is 4.39. The number of halogens is 2. The molecular formula is C13H9BrClNO3. The molecule has 0 fully saturated rings. The molecular weight excluding hydrogens is 334 g/mol. The summed E-state index contributed by atoms with van der Waals surface area (Å²) in [7, 11) is 0.